The molecule has 0 saturated carbocycles. The maximum atomic E-state index is 13.1. The zero-order valence-corrected chi connectivity index (χ0v) is 15.1. The molecule has 1 aromatic heterocycles. The minimum Gasteiger partial charge on any atom is -0.504 e. The first-order valence-corrected chi connectivity index (χ1v) is 8.66. The predicted molar refractivity (Wildman–Crippen MR) is 109 cm³/mol. The van der Waals surface area contributed by atoms with E-state index in [1.165, 1.54) is 24.1 Å². The number of benzene rings is 3. The Morgan fingerprint density at radius 1 is 1.04 bits per heavy atom. The summed E-state index contributed by atoms with van der Waals surface area (Å²) >= 11 is 0. The molecule has 0 aliphatic carbocycles. The van der Waals surface area contributed by atoms with E-state index in [4.69, 9.17) is 4.74 Å². The fourth-order valence-corrected chi connectivity index (χ4v) is 2.90. The smallest absolute Gasteiger partial charge is 0.282 e. The third kappa shape index (κ3) is 3.23. The summed E-state index contributed by atoms with van der Waals surface area (Å²) < 4.78 is 6.41. The molecule has 4 rings (SSSR count). The third-order valence-electron chi connectivity index (χ3n) is 4.31. The molecule has 1 N–H and O–H groups in total. The Bertz CT molecular complexity index is 1230. The van der Waals surface area contributed by atoms with E-state index in [1.54, 1.807) is 24.3 Å². The van der Waals surface area contributed by atoms with Gasteiger partial charge in [0, 0.05) is 5.56 Å². The highest BCUT2D eigenvalue weighted by atomic mass is 16.5. The van der Waals surface area contributed by atoms with Crippen LogP contribution in [0.5, 0.6) is 11.5 Å². The topological polar surface area (TPSA) is 76.7 Å². The average molecular weight is 371 g/mol. The Morgan fingerprint density at radius 3 is 2.57 bits per heavy atom. The molecule has 0 amide bonds. The maximum Gasteiger partial charge on any atom is 0.282 e. The van der Waals surface area contributed by atoms with Crippen LogP contribution in [-0.2, 0) is 0 Å². The van der Waals surface area contributed by atoms with E-state index >= 15 is 0 Å². The molecule has 0 aliphatic heterocycles. The first-order valence-electron chi connectivity index (χ1n) is 8.66. The number of methoxy groups -OCH3 is 1. The van der Waals surface area contributed by atoms with Gasteiger partial charge in [0.15, 0.2) is 17.3 Å². The van der Waals surface area contributed by atoms with Gasteiger partial charge in [0.2, 0.25) is 0 Å². The molecule has 0 unspecified atom stereocenters. The second kappa shape index (κ2) is 7.36. The molecule has 0 fully saturated rings. The Kier molecular flexibility index (Phi) is 4.60. The van der Waals surface area contributed by atoms with Crippen LogP contribution >= 0.6 is 0 Å². The molecule has 1 heterocycles. The molecule has 3 aromatic carbocycles. The molecule has 4 aromatic rings. The summed E-state index contributed by atoms with van der Waals surface area (Å²) in [6.07, 6.45) is 1.53. The molecule has 0 atom stereocenters. The number of fused-ring (bicyclic) bond motifs is 1. The molecule has 0 spiro atoms. The highest BCUT2D eigenvalue weighted by Gasteiger charge is 2.12. The van der Waals surface area contributed by atoms with Crippen LogP contribution in [0.2, 0.25) is 0 Å². The largest absolute Gasteiger partial charge is 0.504 e. The minimum atomic E-state index is -0.258. The van der Waals surface area contributed by atoms with Crippen molar-refractivity contribution in [2.45, 2.75) is 0 Å². The number of ether oxygens (including phenoxy) is 1. The molecule has 0 radical (unpaired) electrons. The first-order chi connectivity index (χ1) is 13.7. The van der Waals surface area contributed by atoms with Crippen molar-refractivity contribution in [1.82, 2.24) is 9.66 Å². The number of hydrogen-bond donors (Lipinski definition) is 1. The fourth-order valence-electron chi connectivity index (χ4n) is 2.90. The number of aromatic hydroxyl groups is 1. The Balaban J connectivity index is 1.90. The number of phenols is 1. The van der Waals surface area contributed by atoms with Gasteiger partial charge in [-0.1, -0.05) is 42.5 Å². The monoisotopic (exact) mass is 371 g/mol. The lowest BCUT2D eigenvalue weighted by atomic mass is 10.2. The summed E-state index contributed by atoms with van der Waals surface area (Å²) in [6.45, 7) is 0. The molecule has 6 nitrogen and oxygen atoms in total. The van der Waals surface area contributed by atoms with Gasteiger partial charge in [-0.25, -0.2) is 4.98 Å². The van der Waals surface area contributed by atoms with E-state index in [1.807, 2.05) is 42.5 Å². The van der Waals surface area contributed by atoms with Gasteiger partial charge in [0.1, 0.15) is 0 Å². The minimum absolute atomic E-state index is 0.0363. The predicted octanol–water partition coefficient (Wildman–Crippen LogP) is 3.66. The Labute approximate surface area is 161 Å². The summed E-state index contributed by atoms with van der Waals surface area (Å²) in [5.74, 6) is 0.816. The molecule has 0 saturated heterocycles. The second-order valence-corrected chi connectivity index (χ2v) is 6.11. The van der Waals surface area contributed by atoms with E-state index in [0.717, 1.165) is 5.56 Å². The summed E-state index contributed by atoms with van der Waals surface area (Å²) in [5.41, 5.74) is 1.81. The Hall–Kier alpha value is -3.93. The number of nitrogens with zero attached hydrogens (tertiary/aromatic N) is 3. The van der Waals surface area contributed by atoms with Crippen molar-refractivity contribution in [1.29, 1.82) is 0 Å². The maximum absolute atomic E-state index is 13.1. The molecular weight excluding hydrogens is 354 g/mol. The number of phenolic OH excluding ortho intramolecular Hbond substituents is 1. The van der Waals surface area contributed by atoms with Crippen molar-refractivity contribution in [3.05, 3.63) is 88.7 Å². The van der Waals surface area contributed by atoms with Crippen LogP contribution in [0.3, 0.4) is 0 Å². The fraction of sp³-hybridized carbons (Fsp3) is 0.0455. The van der Waals surface area contributed by atoms with E-state index < -0.39 is 0 Å². The van der Waals surface area contributed by atoms with Crippen molar-refractivity contribution in [2.75, 3.05) is 7.11 Å². The SMILES string of the molecule is COc1cc(C=Nn2c(-c3ccccc3)nc3ccccc3c2=O)ccc1O. The highest BCUT2D eigenvalue weighted by Crippen LogP contribution is 2.25. The average Bonchev–Trinajstić information content (AvgIpc) is 2.74. The molecule has 0 aliphatic rings. The van der Waals surface area contributed by atoms with Gasteiger partial charge >= 0.3 is 0 Å². The second-order valence-electron chi connectivity index (χ2n) is 6.11. The van der Waals surface area contributed by atoms with Crippen molar-refractivity contribution >= 4 is 17.1 Å². The van der Waals surface area contributed by atoms with Crippen LogP contribution in [0, 0.1) is 0 Å². The molecular formula is C22H17N3O3. The molecule has 0 bridgehead atoms. The summed E-state index contributed by atoms with van der Waals surface area (Å²) in [7, 11) is 1.47. The van der Waals surface area contributed by atoms with Gasteiger partial charge in [-0.2, -0.15) is 9.78 Å². The van der Waals surface area contributed by atoms with Crippen LogP contribution < -0.4 is 10.3 Å². The van der Waals surface area contributed by atoms with Crippen molar-refractivity contribution in [3.8, 4) is 22.9 Å². The van der Waals surface area contributed by atoms with Gasteiger partial charge in [0.05, 0.1) is 24.2 Å². The standard InChI is InChI=1S/C22H17N3O3/c1-28-20-13-15(11-12-19(20)26)14-23-25-21(16-7-3-2-4-8-16)24-18-10-6-5-9-17(18)22(25)27/h2-14,26H,1H3. The van der Waals surface area contributed by atoms with Crippen LogP contribution in [0.25, 0.3) is 22.3 Å². The molecule has 6 heteroatoms. The molecule has 28 heavy (non-hydrogen) atoms. The summed E-state index contributed by atoms with van der Waals surface area (Å²) in [5, 5.41) is 14.6. The normalized spacial score (nSPS) is 11.2. The number of para-hydroxylation sites is 1. The van der Waals surface area contributed by atoms with Gasteiger partial charge in [-0.3, -0.25) is 4.79 Å². The third-order valence-corrected chi connectivity index (χ3v) is 4.31. The van der Waals surface area contributed by atoms with E-state index in [-0.39, 0.29) is 11.3 Å². The van der Waals surface area contributed by atoms with Crippen LogP contribution in [0.1, 0.15) is 5.56 Å². The summed E-state index contributed by atoms with van der Waals surface area (Å²) in [6, 6.07) is 21.5. The lowest BCUT2D eigenvalue weighted by Crippen LogP contribution is -2.20. The number of aromatic nitrogens is 2. The van der Waals surface area contributed by atoms with Gasteiger partial charge in [0.25, 0.3) is 5.56 Å². The van der Waals surface area contributed by atoms with Gasteiger partial charge in [-0.15, -0.1) is 0 Å². The van der Waals surface area contributed by atoms with Crippen LogP contribution in [-0.4, -0.2) is 28.1 Å². The van der Waals surface area contributed by atoms with E-state index in [0.29, 0.717) is 28.0 Å². The lowest BCUT2D eigenvalue weighted by Gasteiger charge is -2.09. The zero-order chi connectivity index (χ0) is 19.5. The van der Waals surface area contributed by atoms with E-state index in [2.05, 4.69) is 10.1 Å². The van der Waals surface area contributed by atoms with Gasteiger partial charge in [-0.05, 0) is 35.9 Å². The van der Waals surface area contributed by atoms with Crippen LogP contribution in [0.15, 0.2) is 82.7 Å². The Morgan fingerprint density at radius 2 is 1.79 bits per heavy atom. The lowest BCUT2D eigenvalue weighted by molar-refractivity contribution is 0.373. The zero-order valence-electron chi connectivity index (χ0n) is 15.1. The van der Waals surface area contributed by atoms with Crippen LogP contribution in [0.4, 0.5) is 0 Å². The first kappa shape index (κ1) is 17.5. The quantitative estimate of drug-likeness (QED) is 0.556. The van der Waals surface area contributed by atoms with Crippen molar-refractivity contribution in [2.24, 2.45) is 5.10 Å². The molecule has 138 valence electrons. The number of hydrogen-bond acceptors (Lipinski definition) is 5. The number of rotatable bonds is 4. The van der Waals surface area contributed by atoms with Gasteiger partial charge < -0.3 is 9.84 Å². The highest BCUT2D eigenvalue weighted by molar-refractivity contribution is 5.82. The summed E-state index contributed by atoms with van der Waals surface area (Å²) in [4.78, 5) is 17.7. The van der Waals surface area contributed by atoms with Crippen molar-refractivity contribution in [3.63, 3.8) is 0 Å². The van der Waals surface area contributed by atoms with Crippen molar-refractivity contribution < 1.29 is 9.84 Å². The van der Waals surface area contributed by atoms with E-state index in [9.17, 15) is 9.90 Å².